The molecule has 0 unspecified atom stereocenters. The van der Waals surface area contributed by atoms with E-state index in [-0.39, 0.29) is 6.54 Å². The van der Waals surface area contributed by atoms with Gasteiger partial charge in [0.2, 0.25) is 11.6 Å². The fourth-order valence-electron chi connectivity index (χ4n) is 2.59. The second-order valence-electron chi connectivity index (χ2n) is 5.75. The van der Waals surface area contributed by atoms with Crippen LogP contribution in [0.2, 0.25) is 0 Å². The molecule has 0 radical (unpaired) electrons. The van der Waals surface area contributed by atoms with Crippen LogP contribution in [0.1, 0.15) is 17.7 Å². The van der Waals surface area contributed by atoms with Crippen molar-refractivity contribution in [3.63, 3.8) is 0 Å². The van der Waals surface area contributed by atoms with E-state index in [1.807, 2.05) is 43.5 Å². The first kappa shape index (κ1) is 17.9. The highest BCUT2D eigenvalue weighted by Crippen LogP contribution is 2.22. The standard InChI is InChI=1S/C18H16F4N4/c1-11-12(10-26(25-11)13-7-3-2-4-8-13)6-5-9-23-16-14(19)17(21)24-18(22)15(16)20/h2-4,7-8,10H,5-6,9H2,1H3,(H,23,24). The molecule has 0 aliphatic carbocycles. The van der Waals surface area contributed by atoms with Crippen molar-refractivity contribution < 1.29 is 17.6 Å². The number of pyridine rings is 1. The van der Waals surface area contributed by atoms with E-state index in [9.17, 15) is 17.6 Å². The molecule has 26 heavy (non-hydrogen) atoms. The summed E-state index contributed by atoms with van der Waals surface area (Å²) in [4.78, 5) is 2.52. The molecule has 0 fully saturated rings. The van der Waals surface area contributed by atoms with E-state index in [1.165, 1.54) is 0 Å². The lowest BCUT2D eigenvalue weighted by Crippen LogP contribution is -2.11. The summed E-state index contributed by atoms with van der Waals surface area (Å²) in [7, 11) is 0. The Bertz CT molecular complexity index is 883. The number of benzene rings is 1. The number of hydrogen-bond donors (Lipinski definition) is 1. The van der Waals surface area contributed by atoms with Crippen LogP contribution in [0.15, 0.2) is 36.5 Å². The Morgan fingerprint density at radius 2 is 1.65 bits per heavy atom. The minimum atomic E-state index is -1.67. The monoisotopic (exact) mass is 364 g/mol. The topological polar surface area (TPSA) is 42.7 Å². The zero-order valence-corrected chi connectivity index (χ0v) is 13.9. The van der Waals surface area contributed by atoms with E-state index < -0.39 is 29.2 Å². The zero-order valence-electron chi connectivity index (χ0n) is 13.9. The Hall–Kier alpha value is -2.90. The van der Waals surface area contributed by atoms with Gasteiger partial charge in [-0.2, -0.15) is 27.6 Å². The van der Waals surface area contributed by atoms with Crippen LogP contribution in [-0.2, 0) is 6.42 Å². The van der Waals surface area contributed by atoms with Gasteiger partial charge in [0, 0.05) is 12.7 Å². The van der Waals surface area contributed by atoms with E-state index in [2.05, 4.69) is 15.4 Å². The summed E-state index contributed by atoms with van der Waals surface area (Å²) >= 11 is 0. The number of para-hydroxylation sites is 1. The van der Waals surface area contributed by atoms with Gasteiger partial charge in [-0.25, -0.2) is 4.68 Å². The molecule has 1 N–H and O–H groups in total. The van der Waals surface area contributed by atoms with Crippen molar-refractivity contribution in [1.82, 2.24) is 14.8 Å². The molecular formula is C18H16F4N4. The number of halogens is 4. The van der Waals surface area contributed by atoms with E-state index in [4.69, 9.17) is 0 Å². The highest BCUT2D eigenvalue weighted by molar-refractivity contribution is 5.45. The number of anilines is 1. The Labute approximate surface area is 147 Å². The first-order chi connectivity index (χ1) is 12.5. The van der Waals surface area contributed by atoms with Crippen LogP contribution in [0.5, 0.6) is 0 Å². The van der Waals surface area contributed by atoms with Crippen LogP contribution in [-0.4, -0.2) is 21.3 Å². The van der Waals surface area contributed by atoms with Crippen LogP contribution in [0.3, 0.4) is 0 Å². The lowest BCUT2D eigenvalue weighted by molar-refractivity contribution is 0.410. The lowest BCUT2D eigenvalue weighted by atomic mass is 10.1. The summed E-state index contributed by atoms with van der Waals surface area (Å²) in [5.74, 6) is -6.41. The maximum Gasteiger partial charge on any atom is 0.253 e. The van der Waals surface area contributed by atoms with Crippen LogP contribution in [0.25, 0.3) is 5.69 Å². The van der Waals surface area contributed by atoms with Gasteiger partial charge in [-0.3, -0.25) is 0 Å². The fraction of sp³-hybridized carbons (Fsp3) is 0.222. The third-order valence-electron chi connectivity index (χ3n) is 3.94. The quantitative estimate of drug-likeness (QED) is 0.405. The molecule has 0 saturated carbocycles. The molecule has 0 atom stereocenters. The van der Waals surface area contributed by atoms with Crippen molar-refractivity contribution in [1.29, 1.82) is 0 Å². The van der Waals surface area contributed by atoms with Gasteiger partial charge in [-0.1, -0.05) is 18.2 Å². The summed E-state index contributed by atoms with van der Waals surface area (Å²) < 4.78 is 54.9. The van der Waals surface area contributed by atoms with E-state index in [0.29, 0.717) is 12.8 Å². The normalized spacial score (nSPS) is 11.0. The predicted molar refractivity (Wildman–Crippen MR) is 89.2 cm³/mol. The number of aromatic nitrogens is 3. The summed E-state index contributed by atoms with van der Waals surface area (Å²) in [6.07, 6.45) is 2.97. The highest BCUT2D eigenvalue weighted by atomic mass is 19.2. The molecule has 3 rings (SSSR count). The molecular weight excluding hydrogens is 348 g/mol. The third-order valence-corrected chi connectivity index (χ3v) is 3.94. The zero-order chi connectivity index (χ0) is 18.7. The van der Waals surface area contributed by atoms with Crippen molar-refractivity contribution in [2.75, 3.05) is 11.9 Å². The molecule has 0 spiro atoms. The minimum absolute atomic E-state index is 0.132. The molecule has 0 aliphatic rings. The Kier molecular flexibility index (Phi) is 5.20. The molecule has 0 bridgehead atoms. The van der Waals surface area contributed by atoms with Crippen LogP contribution in [0, 0.1) is 30.5 Å². The van der Waals surface area contributed by atoms with Gasteiger partial charge in [0.25, 0.3) is 11.9 Å². The second kappa shape index (κ2) is 7.55. The van der Waals surface area contributed by atoms with E-state index in [1.54, 1.807) is 4.68 Å². The van der Waals surface area contributed by atoms with E-state index in [0.717, 1.165) is 16.9 Å². The number of rotatable bonds is 6. The predicted octanol–water partition coefficient (Wildman–Crippen LogP) is 4.18. The SMILES string of the molecule is Cc1nn(-c2ccccc2)cc1CCCNc1c(F)c(F)nc(F)c1F. The van der Waals surface area contributed by atoms with Crippen LogP contribution >= 0.6 is 0 Å². The summed E-state index contributed by atoms with van der Waals surface area (Å²) in [6.45, 7) is 2.00. The average molecular weight is 364 g/mol. The molecule has 1 aromatic carbocycles. The summed E-state index contributed by atoms with van der Waals surface area (Å²) in [5.41, 5.74) is 1.90. The first-order valence-corrected chi connectivity index (χ1v) is 8.02. The van der Waals surface area contributed by atoms with Gasteiger partial charge < -0.3 is 5.32 Å². The molecule has 2 aromatic heterocycles. The minimum Gasteiger partial charge on any atom is -0.380 e. The Morgan fingerprint density at radius 1 is 1.00 bits per heavy atom. The molecule has 136 valence electrons. The average Bonchev–Trinajstić information content (AvgIpc) is 3.01. The summed E-state index contributed by atoms with van der Waals surface area (Å²) in [6, 6.07) is 9.58. The number of hydrogen-bond acceptors (Lipinski definition) is 3. The number of nitrogens with zero attached hydrogens (tertiary/aromatic N) is 3. The van der Waals surface area contributed by atoms with Crippen molar-refractivity contribution in [3.05, 3.63) is 71.3 Å². The van der Waals surface area contributed by atoms with Gasteiger partial charge in [0.05, 0.1) is 11.4 Å². The molecule has 0 saturated heterocycles. The van der Waals surface area contributed by atoms with Gasteiger partial charge in [-0.05, 0) is 37.5 Å². The number of aryl methyl sites for hydroxylation is 2. The van der Waals surface area contributed by atoms with Gasteiger partial charge in [0.15, 0.2) is 0 Å². The molecule has 8 heteroatoms. The molecule has 3 aromatic rings. The first-order valence-electron chi connectivity index (χ1n) is 8.02. The smallest absolute Gasteiger partial charge is 0.253 e. The van der Waals surface area contributed by atoms with Crippen LogP contribution < -0.4 is 5.32 Å². The summed E-state index contributed by atoms with van der Waals surface area (Å²) in [5, 5.41) is 6.83. The Morgan fingerprint density at radius 3 is 2.31 bits per heavy atom. The van der Waals surface area contributed by atoms with Gasteiger partial charge in [-0.15, -0.1) is 0 Å². The number of nitrogens with one attached hydrogen (secondary N) is 1. The molecule has 0 aliphatic heterocycles. The van der Waals surface area contributed by atoms with Crippen molar-refractivity contribution >= 4 is 5.69 Å². The van der Waals surface area contributed by atoms with Crippen molar-refractivity contribution in [3.8, 4) is 5.69 Å². The maximum absolute atomic E-state index is 13.5. The molecule has 2 heterocycles. The largest absolute Gasteiger partial charge is 0.380 e. The van der Waals surface area contributed by atoms with Crippen LogP contribution in [0.4, 0.5) is 23.2 Å². The molecule has 4 nitrogen and oxygen atoms in total. The van der Waals surface area contributed by atoms with Gasteiger partial charge in [0.1, 0.15) is 5.69 Å². The Balaban J connectivity index is 1.62. The van der Waals surface area contributed by atoms with Crippen molar-refractivity contribution in [2.45, 2.75) is 19.8 Å². The fourth-order valence-corrected chi connectivity index (χ4v) is 2.59. The highest BCUT2D eigenvalue weighted by Gasteiger charge is 2.20. The van der Waals surface area contributed by atoms with Crippen molar-refractivity contribution in [2.24, 2.45) is 0 Å². The molecule has 0 amide bonds. The van der Waals surface area contributed by atoms with Gasteiger partial charge >= 0.3 is 0 Å². The third kappa shape index (κ3) is 3.68. The maximum atomic E-state index is 13.5. The van der Waals surface area contributed by atoms with E-state index >= 15 is 0 Å². The lowest BCUT2D eigenvalue weighted by Gasteiger charge is -2.09. The second-order valence-corrected chi connectivity index (χ2v) is 5.75.